The number of esters is 1. The molecule has 0 unspecified atom stereocenters. The Labute approximate surface area is 279 Å². The summed E-state index contributed by atoms with van der Waals surface area (Å²) >= 11 is 0. The zero-order valence-electron chi connectivity index (χ0n) is 26.4. The van der Waals surface area contributed by atoms with Crippen LogP contribution in [0.4, 0.5) is 37.7 Å². The van der Waals surface area contributed by atoms with Crippen molar-refractivity contribution in [3.05, 3.63) is 75.7 Å². The first-order valence-electron chi connectivity index (χ1n) is 13.5. The zero-order valence-corrected chi connectivity index (χ0v) is 26.4. The van der Waals surface area contributed by atoms with Crippen LogP contribution in [0.1, 0.15) is 35.3 Å². The first-order chi connectivity index (χ1) is 23.2. The third kappa shape index (κ3) is 16.1. The maximum atomic E-state index is 13.3. The van der Waals surface area contributed by atoms with Gasteiger partial charge in [0.2, 0.25) is 5.91 Å². The summed E-state index contributed by atoms with van der Waals surface area (Å²) in [6.45, 7) is -0.267. The molecule has 0 aliphatic carbocycles. The van der Waals surface area contributed by atoms with E-state index in [9.17, 15) is 40.7 Å². The van der Waals surface area contributed by atoms with E-state index in [-0.39, 0.29) is 54.2 Å². The van der Waals surface area contributed by atoms with E-state index in [0.29, 0.717) is 11.1 Å². The second-order valence-corrected chi connectivity index (χ2v) is 9.56. The zero-order chi connectivity index (χ0) is 38.8. The van der Waals surface area contributed by atoms with Gasteiger partial charge < -0.3 is 37.1 Å². The summed E-state index contributed by atoms with van der Waals surface area (Å²) in [4.78, 5) is 59.9. The molecule has 0 saturated heterocycles. The number of halogens is 6. The fourth-order valence-corrected chi connectivity index (χ4v) is 3.50. The average Bonchev–Trinajstić information content (AvgIpc) is 3.01. The largest absolute Gasteiger partial charge is 0.490 e. The molecule has 0 aliphatic heterocycles. The second-order valence-electron chi connectivity index (χ2n) is 9.56. The summed E-state index contributed by atoms with van der Waals surface area (Å²) in [5, 5.41) is 27.3. The summed E-state index contributed by atoms with van der Waals surface area (Å²) < 4.78 is 66.7. The molecule has 0 saturated carbocycles. The summed E-state index contributed by atoms with van der Waals surface area (Å²) in [6.07, 6.45) is -3.69. The summed E-state index contributed by atoms with van der Waals surface area (Å²) in [5.41, 5.74) is 13.5. The van der Waals surface area contributed by atoms with Crippen LogP contribution in [0.2, 0.25) is 0 Å². The van der Waals surface area contributed by atoms with Crippen molar-refractivity contribution in [2.75, 3.05) is 18.2 Å². The van der Waals surface area contributed by atoms with E-state index in [4.69, 9.17) is 41.4 Å². The number of benzene rings is 2. The first-order valence-corrected chi connectivity index (χ1v) is 13.5. The molecule has 274 valence electrons. The minimum atomic E-state index is -5.08. The standard InChI is InChI=1S/C25H29N7O4.C2HF3O2.CHF3.CH2O2/c1-14(2)31-20-12-30-23(17-8-18(25(35)36-3)10-19(26)9-17)32(24(20)34)13-21(33)29-11-15-4-6-16(7-5-15)22(27)28;3-2(4,5)1(6)7;2-1(3)4;2-1-3/h4-10,12,14,31H,11,13,26H2,1-3H3,(H3,27,28)(H,29,33);(H,6,7);1H;1H,(H,2,3). The summed E-state index contributed by atoms with van der Waals surface area (Å²) in [7, 11) is 1.25. The number of alkyl halides is 6. The fourth-order valence-electron chi connectivity index (χ4n) is 3.50. The molecule has 9 N–H and O–H groups in total. The van der Waals surface area contributed by atoms with Crippen LogP contribution in [-0.4, -0.2) is 75.9 Å². The van der Waals surface area contributed by atoms with Gasteiger partial charge in [0.05, 0.1) is 18.9 Å². The molecule has 3 aromatic rings. The van der Waals surface area contributed by atoms with Gasteiger partial charge in [0.25, 0.3) is 12.0 Å². The fraction of sp³-hybridized carbons (Fsp3) is 0.276. The van der Waals surface area contributed by atoms with E-state index in [1.165, 1.54) is 30.0 Å². The molecular weight excluding hydrogens is 688 g/mol. The van der Waals surface area contributed by atoms with E-state index in [1.807, 2.05) is 13.8 Å². The number of nitrogens with zero attached hydrogens (tertiary/aromatic N) is 2. The molecule has 0 spiro atoms. The van der Waals surface area contributed by atoms with Crippen LogP contribution in [0.25, 0.3) is 11.4 Å². The number of rotatable bonds is 9. The van der Waals surface area contributed by atoms with Gasteiger partial charge in [-0.15, -0.1) is 0 Å². The van der Waals surface area contributed by atoms with Crippen molar-refractivity contribution in [1.29, 1.82) is 5.41 Å². The summed E-state index contributed by atoms with van der Waals surface area (Å²) in [6, 6.07) is 11.4. The molecule has 0 aliphatic rings. The van der Waals surface area contributed by atoms with Gasteiger partial charge in [-0.3, -0.25) is 24.4 Å². The second kappa shape index (κ2) is 21.0. The van der Waals surface area contributed by atoms with E-state index in [2.05, 4.69) is 15.6 Å². The van der Waals surface area contributed by atoms with Gasteiger partial charge in [-0.2, -0.15) is 26.3 Å². The molecule has 1 heterocycles. The Bertz CT molecular complexity index is 1660. The minimum Gasteiger partial charge on any atom is -0.483 e. The highest BCUT2D eigenvalue weighted by molar-refractivity contribution is 5.95. The number of amidine groups is 1. The molecule has 0 radical (unpaired) electrons. The number of nitrogen functional groups attached to an aromatic ring is 2. The lowest BCUT2D eigenvalue weighted by Gasteiger charge is -2.16. The van der Waals surface area contributed by atoms with Gasteiger partial charge >= 0.3 is 24.8 Å². The predicted octanol–water partition coefficient (Wildman–Crippen LogP) is 3.21. The quantitative estimate of drug-likeness (QED) is 0.0420. The van der Waals surface area contributed by atoms with Crippen LogP contribution >= 0.6 is 0 Å². The van der Waals surface area contributed by atoms with Crippen molar-refractivity contribution in [1.82, 2.24) is 14.9 Å². The maximum absolute atomic E-state index is 13.3. The highest BCUT2D eigenvalue weighted by Crippen LogP contribution is 2.23. The number of carboxylic acid groups (broad SMARTS) is 2. The SMILES string of the molecule is COC(=O)c1cc(N)cc(-c2ncc(NC(C)C)c(=O)n2CC(=O)NCc2ccc(C(=N)N)cc2)c1.FC(F)F.O=C(O)C(F)(F)F.O=CO. The molecule has 2 aromatic carbocycles. The van der Waals surface area contributed by atoms with E-state index >= 15 is 0 Å². The van der Waals surface area contributed by atoms with Crippen LogP contribution in [0.5, 0.6) is 0 Å². The number of carboxylic acids is 1. The molecule has 0 bridgehead atoms. The lowest BCUT2D eigenvalue weighted by atomic mass is 10.1. The Hall–Kier alpha value is -6.15. The topological polar surface area (TPSA) is 253 Å². The lowest BCUT2D eigenvalue weighted by molar-refractivity contribution is -0.192. The summed E-state index contributed by atoms with van der Waals surface area (Å²) in [5.74, 6) is -3.64. The molecule has 0 fully saturated rings. The molecule has 21 heteroatoms. The Morgan fingerprint density at radius 3 is 2.04 bits per heavy atom. The van der Waals surface area contributed by atoms with Crippen molar-refractivity contribution >= 4 is 41.5 Å². The van der Waals surface area contributed by atoms with Crippen molar-refractivity contribution in [3.8, 4) is 11.4 Å². The minimum absolute atomic E-state index is 0.0381. The maximum Gasteiger partial charge on any atom is 0.490 e. The number of amides is 1. The number of ether oxygens (including phenoxy) is 1. The van der Waals surface area contributed by atoms with Crippen molar-refractivity contribution in [2.24, 2.45) is 5.73 Å². The van der Waals surface area contributed by atoms with Crippen molar-refractivity contribution in [3.63, 3.8) is 0 Å². The number of aliphatic carboxylic acids is 1. The monoisotopic (exact) mass is 721 g/mol. The molecule has 0 atom stereocenters. The Balaban J connectivity index is 0.00000145. The number of hydrogen-bond acceptors (Lipinski definition) is 10. The third-order valence-corrected chi connectivity index (χ3v) is 5.42. The van der Waals surface area contributed by atoms with Crippen LogP contribution in [0.15, 0.2) is 53.5 Å². The van der Waals surface area contributed by atoms with Gasteiger partial charge in [0.1, 0.15) is 23.9 Å². The number of carbonyl (C=O) groups is 4. The number of anilines is 2. The molecule has 3 rings (SSSR count). The molecule has 1 amide bonds. The van der Waals surface area contributed by atoms with Gasteiger partial charge in [-0.25, -0.2) is 14.6 Å². The smallest absolute Gasteiger partial charge is 0.483 e. The van der Waals surface area contributed by atoms with Gasteiger partial charge in [0, 0.05) is 29.4 Å². The van der Waals surface area contributed by atoms with Crippen LogP contribution in [-0.2, 0) is 32.2 Å². The number of nitrogens with two attached hydrogens (primary N) is 2. The van der Waals surface area contributed by atoms with Crippen LogP contribution < -0.4 is 27.7 Å². The molecule has 1 aromatic heterocycles. The highest BCUT2D eigenvalue weighted by atomic mass is 19.4. The van der Waals surface area contributed by atoms with E-state index in [0.717, 1.165) is 5.56 Å². The average molecular weight is 722 g/mol. The number of methoxy groups -OCH3 is 1. The Kier molecular flexibility index (Phi) is 18.4. The van der Waals surface area contributed by atoms with Crippen LogP contribution in [0, 0.1) is 5.41 Å². The van der Waals surface area contributed by atoms with Crippen molar-refractivity contribution in [2.45, 2.75) is 45.8 Å². The van der Waals surface area contributed by atoms with Gasteiger partial charge in [-0.05, 0) is 37.6 Å². The lowest BCUT2D eigenvalue weighted by Crippen LogP contribution is -2.35. The Morgan fingerprint density at radius 2 is 1.60 bits per heavy atom. The normalized spacial score (nSPS) is 10.2. The molecule has 15 nitrogen and oxygen atoms in total. The van der Waals surface area contributed by atoms with Gasteiger partial charge in [0.15, 0.2) is 0 Å². The number of hydrogen-bond donors (Lipinski definition) is 7. The number of aromatic nitrogens is 2. The van der Waals surface area contributed by atoms with Crippen molar-refractivity contribution < 1.29 is 60.5 Å². The van der Waals surface area contributed by atoms with E-state index in [1.54, 1.807) is 30.3 Å². The predicted molar refractivity (Wildman–Crippen MR) is 167 cm³/mol. The van der Waals surface area contributed by atoms with Crippen LogP contribution in [0.3, 0.4) is 0 Å². The molecule has 50 heavy (non-hydrogen) atoms. The number of nitrogens with one attached hydrogen (secondary N) is 3. The third-order valence-electron chi connectivity index (χ3n) is 5.42. The van der Waals surface area contributed by atoms with Gasteiger partial charge in [-0.1, -0.05) is 24.3 Å². The number of carbonyl (C=O) groups excluding carboxylic acids is 2. The first kappa shape index (κ1) is 43.8. The van der Waals surface area contributed by atoms with E-state index < -0.39 is 36.3 Å². The highest BCUT2D eigenvalue weighted by Gasteiger charge is 2.38. The molecular formula is C29H33F6N7O8. The Morgan fingerprint density at radius 1 is 1.08 bits per heavy atom.